The van der Waals surface area contributed by atoms with Crippen LogP contribution in [0.4, 0.5) is 0 Å². The van der Waals surface area contributed by atoms with Crippen LogP contribution < -0.4 is 5.32 Å². The van der Waals surface area contributed by atoms with E-state index in [9.17, 15) is 14.4 Å². The minimum atomic E-state index is -0.506. The van der Waals surface area contributed by atoms with E-state index in [0.29, 0.717) is 6.42 Å². The molecule has 1 fully saturated rings. The van der Waals surface area contributed by atoms with Crippen molar-refractivity contribution in [2.75, 3.05) is 6.54 Å². The first-order chi connectivity index (χ1) is 11.8. The number of nitrogens with zero attached hydrogens (tertiary/aromatic N) is 1. The molecule has 3 atom stereocenters. The maximum absolute atomic E-state index is 12.9. The largest absolute Gasteiger partial charge is 0.344 e. The Balaban J connectivity index is 0.00000625. The zero-order valence-electron chi connectivity index (χ0n) is 17.1. The summed E-state index contributed by atoms with van der Waals surface area (Å²) < 4.78 is 0. The molecule has 149 valence electrons. The molecule has 5 nitrogen and oxygen atoms in total. The summed E-state index contributed by atoms with van der Waals surface area (Å²) in [6.45, 7) is 10.4. The molecule has 1 radical (unpaired) electrons. The van der Waals surface area contributed by atoms with Crippen LogP contribution >= 0.6 is 0 Å². The molecule has 0 spiro atoms. The fraction of sp³-hybridized carbons (Fsp3) is 0.850. The molecule has 2 unspecified atom stereocenters. The number of carbonyl (C=O) groups excluding carboxylic acids is 3. The Morgan fingerprint density at radius 1 is 1.19 bits per heavy atom. The van der Waals surface area contributed by atoms with Crippen molar-refractivity contribution in [3.8, 4) is 0 Å². The third kappa shape index (κ3) is 7.83. The van der Waals surface area contributed by atoms with Crippen LogP contribution in [0.15, 0.2) is 0 Å². The first kappa shape index (κ1) is 25.2. The number of hydrogen-bond donors (Lipinski definition) is 1. The van der Waals surface area contributed by atoms with Gasteiger partial charge in [0.1, 0.15) is 11.8 Å². The molecule has 0 bridgehead atoms. The van der Waals surface area contributed by atoms with Crippen LogP contribution in [0.3, 0.4) is 0 Å². The van der Waals surface area contributed by atoms with Gasteiger partial charge in [-0.15, -0.1) is 0 Å². The quantitative estimate of drug-likeness (QED) is 0.569. The number of amides is 2. The molecule has 2 amide bonds. The summed E-state index contributed by atoms with van der Waals surface area (Å²) >= 11 is 0. The Labute approximate surface area is 170 Å². The summed E-state index contributed by atoms with van der Waals surface area (Å²) in [4.78, 5) is 39.1. The topological polar surface area (TPSA) is 66.5 Å². The van der Waals surface area contributed by atoms with Crippen molar-refractivity contribution in [3.63, 3.8) is 0 Å². The minimum Gasteiger partial charge on any atom is -0.344 e. The van der Waals surface area contributed by atoms with Crippen LogP contribution in [0, 0.1) is 11.8 Å². The van der Waals surface area contributed by atoms with Crippen molar-refractivity contribution in [2.45, 2.75) is 91.6 Å². The average molecular weight is 403 g/mol. The van der Waals surface area contributed by atoms with Gasteiger partial charge in [-0.25, -0.2) is 0 Å². The van der Waals surface area contributed by atoms with Gasteiger partial charge in [0.25, 0.3) is 0 Å². The van der Waals surface area contributed by atoms with E-state index < -0.39 is 6.04 Å². The Morgan fingerprint density at radius 3 is 2.31 bits per heavy atom. The van der Waals surface area contributed by atoms with Gasteiger partial charge >= 0.3 is 0 Å². The van der Waals surface area contributed by atoms with Gasteiger partial charge in [-0.2, -0.15) is 0 Å². The first-order valence-corrected chi connectivity index (χ1v) is 9.88. The fourth-order valence-corrected chi connectivity index (χ4v) is 3.54. The molecule has 1 saturated heterocycles. The Bertz CT molecular complexity index is 468. The number of nitrogens with one attached hydrogen (secondary N) is 1. The molecule has 0 saturated carbocycles. The van der Waals surface area contributed by atoms with Gasteiger partial charge in [-0.1, -0.05) is 40.0 Å². The van der Waals surface area contributed by atoms with Crippen LogP contribution in [0.2, 0.25) is 0 Å². The number of Topliss-reactive ketones (excluding diaryl/α,β-unsaturated/α-hetero) is 1. The van der Waals surface area contributed by atoms with Crippen LogP contribution in [0.25, 0.3) is 0 Å². The van der Waals surface area contributed by atoms with Gasteiger partial charge in [-0.3, -0.25) is 9.59 Å². The zero-order chi connectivity index (χ0) is 19.0. The maximum atomic E-state index is 12.9. The number of unbranched alkanes of at least 4 members (excludes halogenated alkanes) is 2. The molecular formula is C20H36N2O3V. The molecule has 1 rings (SSSR count). The van der Waals surface area contributed by atoms with Crippen molar-refractivity contribution in [1.82, 2.24) is 10.2 Å². The molecule has 26 heavy (non-hydrogen) atoms. The van der Waals surface area contributed by atoms with Crippen molar-refractivity contribution in [2.24, 2.45) is 11.8 Å². The van der Waals surface area contributed by atoms with Gasteiger partial charge < -0.3 is 15.0 Å². The number of likely N-dealkylation sites (tertiary alicyclic amines) is 1. The predicted octanol–water partition coefficient (Wildman–Crippen LogP) is 3.31. The monoisotopic (exact) mass is 403 g/mol. The predicted molar refractivity (Wildman–Crippen MR) is 100 cm³/mol. The molecule has 6 heteroatoms. The van der Waals surface area contributed by atoms with Crippen LogP contribution in [0.1, 0.15) is 79.6 Å². The Kier molecular flexibility index (Phi) is 12.2. The number of carbonyl (C=O) groups is 3. The average Bonchev–Trinajstić information content (AvgIpc) is 2.96. The smallest absolute Gasteiger partial charge is 0.245 e. The number of hydrogen-bond acceptors (Lipinski definition) is 3. The normalized spacial score (nSPS) is 19.0. The summed E-state index contributed by atoms with van der Waals surface area (Å²) in [5.74, 6) is -0.405. The fourth-order valence-electron chi connectivity index (χ4n) is 3.54. The molecular weight excluding hydrogens is 367 g/mol. The molecule has 0 aromatic heterocycles. The van der Waals surface area contributed by atoms with Crippen LogP contribution in [-0.2, 0) is 32.9 Å². The third-order valence-corrected chi connectivity index (χ3v) is 5.13. The molecule has 1 aliphatic heterocycles. The van der Waals surface area contributed by atoms with E-state index in [4.69, 9.17) is 0 Å². The molecule has 0 aromatic rings. The number of rotatable bonds is 10. The first-order valence-electron chi connectivity index (χ1n) is 9.88. The zero-order valence-corrected chi connectivity index (χ0v) is 18.5. The SMILES string of the molecule is CCCCCC(CC(C)=O)C(=O)NC(C(=O)N1CCC[C@H]1C)C(C)C.[V]. The third-order valence-electron chi connectivity index (χ3n) is 5.13. The van der Waals surface area contributed by atoms with Crippen molar-refractivity contribution in [1.29, 1.82) is 0 Å². The van der Waals surface area contributed by atoms with E-state index in [1.807, 2.05) is 18.7 Å². The van der Waals surface area contributed by atoms with Crippen molar-refractivity contribution in [3.05, 3.63) is 0 Å². The molecule has 1 aliphatic rings. The molecule has 0 aliphatic carbocycles. The van der Waals surface area contributed by atoms with Crippen LogP contribution in [0.5, 0.6) is 0 Å². The van der Waals surface area contributed by atoms with Gasteiger partial charge in [0.2, 0.25) is 11.8 Å². The van der Waals surface area contributed by atoms with E-state index in [-0.39, 0.29) is 60.5 Å². The molecule has 0 aromatic carbocycles. The Morgan fingerprint density at radius 2 is 1.85 bits per heavy atom. The molecule has 1 heterocycles. The van der Waals surface area contributed by atoms with Gasteiger partial charge in [0.15, 0.2) is 0 Å². The summed E-state index contributed by atoms with van der Waals surface area (Å²) in [5.41, 5.74) is 0. The van der Waals surface area contributed by atoms with Gasteiger partial charge in [-0.05, 0) is 39.0 Å². The molecule has 1 N–H and O–H groups in total. The summed E-state index contributed by atoms with van der Waals surface area (Å²) in [7, 11) is 0. The summed E-state index contributed by atoms with van der Waals surface area (Å²) in [5, 5.41) is 2.96. The van der Waals surface area contributed by atoms with Gasteiger partial charge in [0.05, 0.1) is 0 Å². The van der Waals surface area contributed by atoms with Crippen LogP contribution in [-0.4, -0.2) is 41.1 Å². The maximum Gasteiger partial charge on any atom is 0.245 e. The summed E-state index contributed by atoms with van der Waals surface area (Å²) in [6.07, 6.45) is 6.08. The van der Waals surface area contributed by atoms with Crippen molar-refractivity contribution >= 4 is 17.6 Å². The van der Waals surface area contributed by atoms with Gasteiger partial charge in [0, 0.05) is 43.5 Å². The Hall–Kier alpha value is -0.806. The van der Waals surface area contributed by atoms with E-state index in [1.54, 1.807) is 0 Å². The second-order valence-corrected chi connectivity index (χ2v) is 7.85. The second kappa shape index (κ2) is 12.6. The minimum absolute atomic E-state index is 0. The number of ketones is 1. The van der Waals surface area contributed by atoms with E-state index in [1.165, 1.54) is 6.92 Å². The standard InChI is InChI=1S/C20H36N2O3.V/c1-6-7-8-11-17(13-16(5)23)19(24)21-18(14(2)3)20(25)22-12-9-10-15(22)4;/h14-15,17-18H,6-13H2,1-5H3,(H,21,24);/t15-,17?,18?;/m1./s1. The second-order valence-electron chi connectivity index (χ2n) is 7.85. The van der Waals surface area contributed by atoms with Crippen molar-refractivity contribution < 1.29 is 32.9 Å². The summed E-state index contributed by atoms with van der Waals surface area (Å²) in [6, 6.07) is -0.267. The van der Waals surface area contributed by atoms with E-state index in [2.05, 4.69) is 19.2 Å². The van der Waals surface area contributed by atoms with E-state index >= 15 is 0 Å². The van der Waals surface area contributed by atoms with E-state index in [0.717, 1.165) is 38.6 Å².